The summed E-state index contributed by atoms with van der Waals surface area (Å²) < 4.78 is 42.5. The van der Waals surface area contributed by atoms with Crippen molar-refractivity contribution in [2.75, 3.05) is 5.75 Å². The van der Waals surface area contributed by atoms with Crippen molar-refractivity contribution in [3.63, 3.8) is 0 Å². The van der Waals surface area contributed by atoms with Gasteiger partial charge in [0.2, 0.25) is 5.91 Å². The van der Waals surface area contributed by atoms with Crippen LogP contribution in [0.3, 0.4) is 0 Å². The first-order valence-corrected chi connectivity index (χ1v) is 7.46. The maximum Gasteiger partial charge on any atom is 0.433 e. The van der Waals surface area contributed by atoms with Crippen molar-refractivity contribution in [1.29, 1.82) is 0 Å². The second kappa shape index (κ2) is 7.81. The van der Waals surface area contributed by atoms with Crippen molar-refractivity contribution in [3.8, 4) is 0 Å². The Kier molecular flexibility index (Phi) is 5.79. The van der Waals surface area contributed by atoms with Crippen LogP contribution in [0.25, 0.3) is 0 Å². The zero-order valence-electron chi connectivity index (χ0n) is 12.0. The maximum absolute atomic E-state index is 12.5. The Morgan fingerprint density at radius 2 is 2.08 bits per heavy atom. The van der Waals surface area contributed by atoms with Crippen LogP contribution < -0.4 is 10.6 Å². The van der Waals surface area contributed by atoms with E-state index in [0.29, 0.717) is 17.5 Å². The van der Waals surface area contributed by atoms with Crippen LogP contribution in [0.2, 0.25) is 0 Å². The molecule has 2 heterocycles. The van der Waals surface area contributed by atoms with E-state index < -0.39 is 23.8 Å². The summed E-state index contributed by atoms with van der Waals surface area (Å²) in [6.07, 6.45) is -2.20. The Labute approximate surface area is 138 Å². The van der Waals surface area contributed by atoms with Gasteiger partial charge in [0.15, 0.2) is 5.16 Å². The highest BCUT2D eigenvalue weighted by atomic mass is 32.2. The topological polar surface area (TPSA) is 97.1 Å². The van der Waals surface area contributed by atoms with Crippen molar-refractivity contribution in [1.82, 2.24) is 20.6 Å². The molecule has 3 amide bonds. The zero-order chi connectivity index (χ0) is 17.6. The molecule has 0 aliphatic rings. The standard InChI is InChI=1S/C13H11F3N4O3S/c14-13(15,16)9-3-4-17-12(19-9)24-7-10(21)20-11(22)18-6-8-2-1-5-23-8/h1-5H,6-7H2,(H2,18,20,21,22). The molecule has 2 aromatic rings. The molecule has 0 fully saturated rings. The van der Waals surface area contributed by atoms with Crippen LogP contribution in [-0.4, -0.2) is 27.7 Å². The highest BCUT2D eigenvalue weighted by molar-refractivity contribution is 7.99. The molecule has 0 aliphatic carbocycles. The summed E-state index contributed by atoms with van der Waals surface area (Å²) >= 11 is 0.684. The number of imide groups is 1. The lowest BCUT2D eigenvalue weighted by Crippen LogP contribution is -2.39. The number of halogens is 3. The van der Waals surface area contributed by atoms with Gasteiger partial charge in [0.25, 0.3) is 0 Å². The number of urea groups is 1. The minimum atomic E-state index is -4.59. The lowest BCUT2D eigenvalue weighted by Gasteiger charge is -2.07. The number of carbonyl (C=O) groups is 2. The van der Waals surface area contributed by atoms with E-state index in [-0.39, 0.29) is 17.5 Å². The van der Waals surface area contributed by atoms with Crippen molar-refractivity contribution >= 4 is 23.7 Å². The summed E-state index contributed by atoms with van der Waals surface area (Å²) in [5.74, 6) is -0.502. The van der Waals surface area contributed by atoms with E-state index in [1.165, 1.54) is 6.26 Å². The largest absolute Gasteiger partial charge is 0.467 e. The van der Waals surface area contributed by atoms with Crippen LogP contribution in [-0.2, 0) is 17.5 Å². The minimum Gasteiger partial charge on any atom is -0.467 e. The smallest absolute Gasteiger partial charge is 0.433 e. The van der Waals surface area contributed by atoms with E-state index in [1.54, 1.807) is 12.1 Å². The number of hydrogen-bond acceptors (Lipinski definition) is 6. The third-order valence-electron chi connectivity index (χ3n) is 2.51. The molecule has 0 bridgehead atoms. The van der Waals surface area contributed by atoms with Crippen molar-refractivity contribution < 1.29 is 27.2 Å². The fraction of sp³-hybridized carbons (Fsp3) is 0.231. The lowest BCUT2D eigenvalue weighted by molar-refractivity contribution is -0.141. The maximum atomic E-state index is 12.5. The highest BCUT2D eigenvalue weighted by Crippen LogP contribution is 2.28. The summed E-state index contributed by atoms with van der Waals surface area (Å²) in [5, 5.41) is 4.21. The van der Waals surface area contributed by atoms with E-state index in [2.05, 4.69) is 15.3 Å². The van der Waals surface area contributed by atoms with Gasteiger partial charge in [0.1, 0.15) is 11.5 Å². The molecular formula is C13H11F3N4O3S. The van der Waals surface area contributed by atoms with Crippen LogP contribution in [0.4, 0.5) is 18.0 Å². The molecule has 2 rings (SSSR count). The van der Waals surface area contributed by atoms with Gasteiger partial charge in [-0.3, -0.25) is 10.1 Å². The molecule has 2 N–H and O–H groups in total. The number of carbonyl (C=O) groups excluding carboxylic acids is 2. The van der Waals surface area contributed by atoms with Gasteiger partial charge in [0, 0.05) is 6.20 Å². The van der Waals surface area contributed by atoms with E-state index in [9.17, 15) is 22.8 Å². The number of nitrogens with one attached hydrogen (secondary N) is 2. The van der Waals surface area contributed by atoms with Crippen LogP contribution in [0, 0.1) is 0 Å². The molecule has 24 heavy (non-hydrogen) atoms. The fourth-order valence-corrected chi connectivity index (χ4v) is 2.12. The zero-order valence-corrected chi connectivity index (χ0v) is 12.8. The quantitative estimate of drug-likeness (QED) is 0.627. The first-order valence-electron chi connectivity index (χ1n) is 6.47. The van der Waals surface area contributed by atoms with E-state index >= 15 is 0 Å². The third kappa shape index (κ3) is 5.57. The number of hydrogen-bond donors (Lipinski definition) is 2. The minimum absolute atomic E-state index is 0.0932. The number of furan rings is 1. The molecule has 0 unspecified atom stereocenters. The number of alkyl halides is 3. The summed E-state index contributed by atoms with van der Waals surface area (Å²) in [6.45, 7) is 0.0932. The molecule has 2 aromatic heterocycles. The number of nitrogens with zero attached hydrogens (tertiary/aromatic N) is 2. The monoisotopic (exact) mass is 360 g/mol. The van der Waals surface area contributed by atoms with Crippen LogP contribution in [0.15, 0.2) is 40.2 Å². The predicted molar refractivity (Wildman–Crippen MR) is 76.8 cm³/mol. The Balaban J connectivity index is 1.77. The van der Waals surface area contributed by atoms with Gasteiger partial charge in [0.05, 0.1) is 18.6 Å². The van der Waals surface area contributed by atoms with Crippen molar-refractivity contribution in [3.05, 3.63) is 42.1 Å². The number of thioether (sulfide) groups is 1. The SMILES string of the molecule is O=C(CSc1nccc(C(F)(F)F)n1)NC(=O)NCc1ccco1. The number of rotatable bonds is 5. The van der Waals surface area contributed by atoms with Crippen LogP contribution in [0.1, 0.15) is 11.5 Å². The normalized spacial score (nSPS) is 11.1. The van der Waals surface area contributed by atoms with Gasteiger partial charge in [-0.15, -0.1) is 0 Å². The number of amides is 3. The van der Waals surface area contributed by atoms with Gasteiger partial charge in [-0.1, -0.05) is 11.8 Å². The molecular weight excluding hydrogens is 349 g/mol. The van der Waals surface area contributed by atoms with Crippen LogP contribution >= 0.6 is 11.8 Å². The predicted octanol–water partition coefficient (Wildman–Crippen LogP) is 2.21. The Morgan fingerprint density at radius 3 is 2.75 bits per heavy atom. The molecule has 0 radical (unpaired) electrons. The Hall–Kier alpha value is -2.56. The van der Waals surface area contributed by atoms with Gasteiger partial charge in [-0.05, 0) is 18.2 Å². The molecule has 128 valence electrons. The first-order chi connectivity index (χ1) is 11.3. The van der Waals surface area contributed by atoms with Gasteiger partial charge in [-0.2, -0.15) is 13.2 Å². The number of aromatic nitrogens is 2. The van der Waals surface area contributed by atoms with Gasteiger partial charge >= 0.3 is 12.2 Å². The van der Waals surface area contributed by atoms with E-state index in [1.807, 2.05) is 5.32 Å². The molecule has 0 atom stereocenters. The molecule has 0 saturated heterocycles. The van der Waals surface area contributed by atoms with E-state index in [4.69, 9.17) is 4.42 Å². The summed E-state index contributed by atoms with van der Waals surface area (Å²) in [4.78, 5) is 30.0. The second-order valence-electron chi connectivity index (χ2n) is 4.32. The van der Waals surface area contributed by atoms with Crippen molar-refractivity contribution in [2.24, 2.45) is 0 Å². The second-order valence-corrected chi connectivity index (χ2v) is 5.26. The molecule has 0 aliphatic heterocycles. The molecule has 0 spiro atoms. The fourth-order valence-electron chi connectivity index (χ4n) is 1.49. The van der Waals surface area contributed by atoms with Gasteiger partial charge < -0.3 is 9.73 Å². The third-order valence-corrected chi connectivity index (χ3v) is 3.37. The molecule has 0 aromatic carbocycles. The van der Waals surface area contributed by atoms with Crippen molar-refractivity contribution in [2.45, 2.75) is 17.9 Å². The molecule has 0 saturated carbocycles. The molecule has 11 heteroatoms. The average molecular weight is 360 g/mol. The lowest BCUT2D eigenvalue weighted by atomic mass is 10.4. The van der Waals surface area contributed by atoms with Crippen LogP contribution in [0.5, 0.6) is 0 Å². The Morgan fingerprint density at radius 1 is 1.29 bits per heavy atom. The van der Waals surface area contributed by atoms with E-state index in [0.717, 1.165) is 12.3 Å². The summed E-state index contributed by atoms with van der Waals surface area (Å²) in [6, 6.07) is 3.27. The Bertz CT molecular complexity index is 707. The summed E-state index contributed by atoms with van der Waals surface area (Å²) in [7, 11) is 0. The first kappa shape index (κ1) is 17.8. The molecule has 7 nitrogen and oxygen atoms in total. The average Bonchev–Trinajstić information content (AvgIpc) is 3.04. The highest BCUT2D eigenvalue weighted by Gasteiger charge is 2.32. The summed E-state index contributed by atoms with van der Waals surface area (Å²) in [5.41, 5.74) is -1.10. The van der Waals surface area contributed by atoms with Gasteiger partial charge in [-0.25, -0.2) is 14.8 Å².